The van der Waals surface area contributed by atoms with Crippen molar-refractivity contribution in [2.24, 2.45) is 5.92 Å². The molecule has 1 atom stereocenters. The average Bonchev–Trinajstić information content (AvgIpc) is 3.50. The summed E-state index contributed by atoms with van der Waals surface area (Å²) in [5.74, 6) is 0.104. The average molecular weight is 406 g/mol. The van der Waals surface area contributed by atoms with Crippen molar-refractivity contribution in [3.05, 3.63) is 29.3 Å². The van der Waals surface area contributed by atoms with Crippen LogP contribution in [0.3, 0.4) is 0 Å². The van der Waals surface area contributed by atoms with E-state index in [-0.39, 0.29) is 18.4 Å². The van der Waals surface area contributed by atoms with Gasteiger partial charge in [-0.15, -0.1) is 0 Å². The number of hydrogen-bond donors (Lipinski definition) is 2. The number of carbonyl (C=O) groups excluding carboxylic acids is 1. The van der Waals surface area contributed by atoms with Crippen LogP contribution in [0.4, 0.5) is 0 Å². The Hall–Kier alpha value is -1.95. The molecular formula is C20H29N4O3S+. The molecule has 0 aromatic heterocycles. The fraction of sp³-hybridized carbons (Fsp3) is 0.600. The van der Waals surface area contributed by atoms with Crippen molar-refractivity contribution in [1.82, 2.24) is 9.62 Å². The molecule has 2 fully saturated rings. The lowest BCUT2D eigenvalue weighted by Crippen LogP contribution is -3.16. The van der Waals surface area contributed by atoms with E-state index in [2.05, 4.69) is 11.4 Å². The van der Waals surface area contributed by atoms with Gasteiger partial charge in [-0.2, -0.15) is 9.57 Å². The zero-order valence-corrected chi connectivity index (χ0v) is 17.6. The van der Waals surface area contributed by atoms with E-state index >= 15 is 0 Å². The van der Waals surface area contributed by atoms with E-state index in [4.69, 9.17) is 0 Å². The van der Waals surface area contributed by atoms with Crippen LogP contribution in [-0.2, 0) is 14.8 Å². The van der Waals surface area contributed by atoms with Crippen molar-refractivity contribution in [2.75, 3.05) is 32.7 Å². The van der Waals surface area contributed by atoms with Gasteiger partial charge in [-0.05, 0) is 62.8 Å². The summed E-state index contributed by atoms with van der Waals surface area (Å²) in [4.78, 5) is 13.7. The molecule has 7 nitrogen and oxygen atoms in total. The lowest BCUT2D eigenvalue weighted by atomic mass is 9.98. The maximum atomic E-state index is 12.9. The van der Waals surface area contributed by atoms with Crippen molar-refractivity contribution in [3.8, 4) is 6.07 Å². The zero-order chi connectivity index (χ0) is 20.5. The number of nitrogens with zero attached hydrogens (tertiary/aromatic N) is 2. The minimum absolute atomic E-state index is 0.142. The van der Waals surface area contributed by atoms with Crippen LogP contribution in [0.2, 0.25) is 0 Å². The lowest BCUT2D eigenvalue weighted by Gasteiger charge is -2.32. The van der Waals surface area contributed by atoms with Crippen LogP contribution in [0.25, 0.3) is 0 Å². The summed E-state index contributed by atoms with van der Waals surface area (Å²) in [5.41, 5.74) is 1.23. The second kappa shape index (κ2) is 7.82. The topological polar surface area (TPSA) is 94.7 Å². The summed E-state index contributed by atoms with van der Waals surface area (Å²) in [7, 11) is -3.51. The van der Waals surface area contributed by atoms with Crippen LogP contribution < -0.4 is 10.2 Å². The second-order valence-corrected chi connectivity index (χ2v) is 10.2. The lowest BCUT2D eigenvalue weighted by molar-refractivity contribution is -0.895. The van der Waals surface area contributed by atoms with E-state index in [1.807, 2.05) is 19.9 Å². The van der Waals surface area contributed by atoms with Gasteiger partial charge in [0.15, 0.2) is 6.54 Å². The first-order chi connectivity index (χ1) is 13.2. The molecule has 28 heavy (non-hydrogen) atoms. The van der Waals surface area contributed by atoms with Gasteiger partial charge < -0.3 is 10.2 Å². The van der Waals surface area contributed by atoms with E-state index in [1.54, 1.807) is 19.1 Å². The van der Waals surface area contributed by atoms with Gasteiger partial charge in [0.2, 0.25) is 10.0 Å². The van der Waals surface area contributed by atoms with Crippen molar-refractivity contribution in [3.63, 3.8) is 0 Å². The SMILES string of the molecule is Cc1ccc(S(=O)(=O)N2CC[NH+](CC(=O)N[C@](C)(C#N)C3CC3)CC2)cc1C. The third-order valence-corrected chi connectivity index (χ3v) is 7.88. The van der Waals surface area contributed by atoms with Crippen LogP contribution >= 0.6 is 0 Å². The molecule has 2 aliphatic rings. The van der Waals surface area contributed by atoms with Gasteiger partial charge in [-0.1, -0.05) is 6.07 Å². The number of nitriles is 1. The summed E-state index contributed by atoms with van der Waals surface area (Å²) in [6, 6.07) is 7.44. The van der Waals surface area contributed by atoms with E-state index in [9.17, 15) is 18.5 Å². The maximum absolute atomic E-state index is 12.9. The number of rotatable bonds is 6. The summed E-state index contributed by atoms with van der Waals surface area (Å²) in [5, 5.41) is 12.3. The van der Waals surface area contributed by atoms with Gasteiger partial charge in [0.1, 0.15) is 5.54 Å². The molecule has 152 valence electrons. The number of aryl methyl sites for hydroxylation is 2. The van der Waals surface area contributed by atoms with Crippen molar-refractivity contribution in [1.29, 1.82) is 5.26 Å². The first-order valence-corrected chi connectivity index (χ1v) is 11.2. The molecular weight excluding hydrogens is 376 g/mol. The zero-order valence-electron chi connectivity index (χ0n) is 16.8. The Morgan fingerprint density at radius 1 is 1.29 bits per heavy atom. The van der Waals surface area contributed by atoms with Gasteiger partial charge in [-0.25, -0.2) is 8.42 Å². The highest BCUT2D eigenvalue weighted by atomic mass is 32.2. The van der Waals surface area contributed by atoms with Gasteiger partial charge in [0.05, 0.1) is 37.1 Å². The van der Waals surface area contributed by atoms with E-state index in [0.29, 0.717) is 31.1 Å². The Labute approximate surface area is 167 Å². The molecule has 1 aliphatic carbocycles. The number of amides is 1. The molecule has 0 bridgehead atoms. The van der Waals surface area contributed by atoms with Crippen LogP contribution in [0.1, 0.15) is 30.9 Å². The third kappa shape index (κ3) is 4.37. The number of nitrogens with one attached hydrogen (secondary N) is 2. The largest absolute Gasteiger partial charge is 0.333 e. The van der Waals surface area contributed by atoms with Crippen molar-refractivity contribution < 1.29 is 18.1 Å². The Morgan fingerprint density at radius 2 is 1.93 bits per heavy atom. The third-order valence-electron chi connectivity index (χ3n) is 5.98. The van der Waals surface area contributed by atoms with Gasteiger partial charge in [0.25, 0.3) is 5.91 Å². The number of carbonyl (C=O) groups is 1. The minimum Gasteiger partial charge on any atom is -0.333 e. The number of piperazine rings is 1. The fourth-order valence-corrected chi connectivity index (χ4v) is 5.21. The van der Waals surface area contributed by atoms with Crippen molar-refractivity contribution in [2.45, 2.75) is 44.0 Å². The highest BCUT2D eigenvalue weighted by molar-refractivity contribution is 7.89. The monoisotopic (exact) mass is 405 g/mol. The molecule has 0 spiro atoms. The first-order valence-electron chi connectivity index (χ1n) is 9.79. The normalized spacial score (nSPS) is 20.9. The van der Waals surface area contributed by atoms with Crippen LogP contribution in [0, 0.1) is 31.1 Å². The molecule has 8 heteroatoms. The molecule has 1 heterocycles. The summed E-state index contributed by atoms with van der Waals surface area (Å²) >= 11 is 0. The predicted molar refractivity (Wildman–Crippen MR) is 105 cm³/mol. The van der Waals surface area contributed by atoms with Gasteiger partial charge in [-0.3, -0.25) is 4.79 Å². The Balaban J connectivity index is 1.56. The van der Waals surface area contributed by atoms with E-state index in [1.165, 1.54) is 4.31 Å². The van der Waals surface area contributed by atoms with Crippen LogP contribution in [0.15, 0.2) is 23.1 Å². The fourth-order valence-electron chi connectivity index (χ4n) is 3.69. The molecule has 1 aromatic rings. The summed E-state index contributed by atoms with van der Waals surface area (Å²) in [6.45, 7) is 7.83. The Morgan fingerprint density at radius 3 is 2.46 bits per heavy atom. The molecule has 3 rings (SSSR count). The minimum atomic E-state index is -3.51. The van der Waals surface area contributed by atoms with Crippen LogP contribution in [-0.4, -0.2) is 56.9 Å². The highest BCUT2D eigenvalue weighted by Crippen LogP contribution is 2.39. The van der Waals surface area contributed by atoms with E-state index < -0.39 is 15.6 Å². The molecule has 0 radical (unpaired) electrons. The highest BCUT2D eigenvalue weighted by Gasteiger charge is 2.43. The van der Waals surface area contributed by atoms with Crippen molar-refractivity contribution >= 4 is 15.9 Å². The molecule has 1 saturated heterocycles. The maximum Gasteiger partial charge on any atom is 0.276 e. The summed E-state index contributed by atoms with van der Waals surface area (Å²) in [6.07, 6.45) is 1.96. The van der Waals surface area contributed by atoms with Gasteiger partial charge in [0, 0.05) is 0 Å². The number of hydrogen-bond acceptors (Lipinski definition) is 4. The smallest absolute Gasteiger partial charge is 0.276 e. The molecule has 1 amide bonds. The Kier molecular flexibility index (Phi) is 5.80. The number of sulfonamides is 1. The predicted octanol–water partition coefficient (Wildman–Crippen LogP) is 0.00112. The standard InChI is InChI=1S/C20H28N4O3S/c1-15-4-7-18(12-16(15)2)28(26,27)24-10-8-23(9-11-24)13-19(25)22-20(3,14-21)17-5-6-17/h4,7,12,17H,5-6,8-11,13H2,1-3H3,(H,22,25)/p+1/t20-/m1/s1. The molecule has 1 aliphatic heterocycles. The summed E-state index contributed by atoms with van der Waals surface area (Å²) < 4.78 is 27.3. The molecule has 0 unspecified atom stereocenters. The Bertz CT molecular complexity index is 897. The van der Waals surface area contributed by atoms with E-state index in [0.717, 1.165) is 28.9 Å². The first kappa shape index (κ1) is 20.8. The van der Waals surface area contributed by atoms with Crippen LogP contribution in [0.5, 0.6) is 0 Å². The van der Waals surface area contributed by atoms with Gasteiger partial charge >= 0.3 is 0 Å². The molecule has 1 saturated carbocycles. The quantitative estimate of drug-likeness (QED) is 0.697. The second-order valence-electron chi connectivity index (χ2n) is 8.21. The number of benzene rings is 1. The molecule has 2 N–H and O–H groups in total. The number of quaternary nitrogens is 1. The molecule has 1 aromatic carbocycles.